The normalized spacial score (nSPS) is 9.29. The number of allylic oxidation sites excluding steroid dienone is 1. The van der Waals surface area contributed by atoms with Crippen molar-refractivity contribution in [3.05, 3.63) is 12.7 Å². The smallest absolute Gasteiger partial charge is 0.300 e. The van der Waals surface area contributed by atoms with Gasteiger partial charge in [-0.05, 0) is 19.3 Å². The molecular formula is C14H28O3. The van der Waals surface area contributed by atoms with Gasteiger partial charge in [0, 0.05) is 13.5 Å². The van der Waals surface area contributed by atoms with E-state index in [1.807, 2.05) is 6.08 Å². The molecular weight excluding hydrogens is 216 g/mol. The fraction of sp³-hybridized carbons (Fsp3) is 0.786. The maximum atomic E-state index is 9.00. The van der Waals surface area contributed by atoms with Crippen LogP contribution in [0.2, 0.25) is 0 Å². The molecule has 102 valence electrons. The monoisotopic (exact) mass is 244 g/mol. The molecule has 0 spiro atoms. The molecule has 0 aromatic heterocycles. The number of aliphatic carboxylic acids is 1. The van der Waals surface area contributed by atoms with Crippen LogP contribution in [0.4, 0.5) is 0 Å². The number of unbranched alkanes of at least 4 members (excludes halogenated alkanes) is 8. The lowest BCUT2D eigenvalue weighted by Crippen LogP contribution is -1.84. The Morgan fingerprint density at radius 3 is 1.71 bits per heavy atom. The van der Waals surface area contributed by atoms with E-state index in [1.54, 1.807) is 0 Å². The highest BCUT2D eigenvalue weighted by Gasteiger charge is 1.90. The molecule has 3 nitrogen and oxygen atoms in total. The number of aliphatic hydroxyl groups is 1. The minimum absolute atomic E-state index is 0.360. The predicted octanol–water partition coefficient (Wildman–Crippen LogP) is 3.77. The van der Waals surface area contributed by atoms with E-state index in [4.69, 9.17) is 15.0 Å². The quantitative estimate of drug-likeness (QED) is 0.454. The average molecular weight is 244 g/mol. The fourth-order valence-corrected chi connectivity index (χ4v) is 1.46. The average Bonchev–Trinajstić information content (AvgIpc) is 2.26. The van der Waals surface area contributed by atoms with Gasteiger partial charge in [0.25, 0.3) is 5.97 Å². The van der Waals surface area contributed by atoms with Crippen LogP contribution in [0.1, 0.15) is 64.7 Å². The zero-order chi connectivity index (χ0) is 13.4. The number of carboxylic acids is 1. The highest BCUT2D eigenvalue weighted by atomic mass is 16.4. The number of carbonyl (C=O) groups is 1. The number of carboxylic acid groups (broad SMARTS) is 1. The van der Waals surface area contributed by atoms with E-state index in [1.165, 1.54) is 51.4 Å². The maximum Gasteiger partial charge on any atom is 0.300 e. The molecule has 0 aromatic rings. The largest absolute Gasteiger partial charge is 0.481 e. The lowest BCUT2D eigenvalue weighted by atomic mass is 10.1. The fourth-order valence-electron chi connectivity index (χ4n) is 1.46. The van der Waals surface area contributed by atoms with Crippen molar-refractivity contribution in [2.24, 2.45) is 0 Å². The summed E-state index contributed by atoms with van der Waals surface area (Å²) in [7, 11) is 0. The van der Waals surface area contributed by atoms with Crippen molar-refractivity contribution in [3.8, 4) is 0 Å². The lowest BCUT2D eigenvalue weighted by Gasteiger charge is -2.00. The van der Waals surface area contributed by atoms with Gasteiger partial charge >= 0.3 is 0 Å². The van der Waals surface area contributed by atoms with Gasteiger partial charge in [-0.3, -0.25) is 4.79 Å². The van der Waals surface area contributed by atoms with Crippen molar-refractivity contribution in [1.29, 1.82) is 0 Å². The molecule has 0 rings (SSSR count). The summed E-state index contributed by atoms with van der Waals surface area (Å²) in [6, 6.07) is 0. The molecule has 0 saturated carbocycles. The van der Waals surface area contributed by atoms with Gasteiger partial charge < -0.3 is 10.2 Å². The molecule has 0 aliphatic heterocycles. The van der Waals surface area contributed by atoms with Crippen LogP contribution in [-0.4, -0.2) is 22.8 Å². The van der Waals surface area contributed by atoms with E-state index < -0.39 is 5.97 Å². The highest BCUT2D eigenvalue weighted by Crippen LogP contribution is 2.09. The molecule has 0 radical (unpaired) electrons. The van der Waals surface area contributed by atoms with Crippen molar-refractivity contribution in [2.75, 3.05) is 6.61 Å². The number of hydrogen-bond donors (Lipinski definition) is 2. The summed E-state index contributed by atoms with van der Waals surface area (Å²) in [4.78, 5) is 9.00. The second kappa shape index (κ2) is 17.6. The third-order valence-electron chi connectivity index (χ3n) is 2.32. The van der Waals surface area contributed by atoms with Crippen LogP contribution < -0.4 is 0 Å². The SMILES string of the molecule is C=CCCCCCCCCCCO.CC(=O)O. The van der Waals surface area contributed by atoms with Gasteiger partial charge in [0.1, 0.15) is 0 Å². The second-order valence-corrected chi connectivity index (χ2v) is 4.15. The summed E-state index contributed by atoms with van der Waals surface area (Å²) in [6.07, 6.45) is 13.4. The van der Waals surface area contributed by atoms with E-state index in [2.05, 4.69) is 6.58 Å². The van der Waals surface area contributed by atoms with Gasteiger partial charge in [0.2, 0.25) is 0 Å². The van der Waals surface area contributed by atoms with Crippen molar-refractivity contribution in [3.63, 3.8) is 0 Å². The Morgan fingerprint density at radius 1 is 1.00 bits per heavy atom. The van der Waals surface area contributed by atoms with E-state index in [0.717, 1.165) is 13.3 Å². The van der Waals surface area contributed by atoms with Crippen LogP contribution >= 0.6 is 0 Å². The van der Waals surface area contributed by atoms with Crippen LogP contribution in [0.5, 0.6) is 0 Å². The summed E-state index contributed by atoms with van der Waals surface area (Å²) in [6.45, 7) is 5.15. The van der Waals surface area contributed by atoms with Crippen molar-refractivity contribution in [1.82, 2.24) is 0 Å². The van der Waals surface area contributed by atoms with Gasteiger partial charge in [-0.25, -0.2) is 0 Å². The molecule has 0 bridgehead atoms. The first kappa shape index (κ1) is 18.5. The minimum Gasteiger partial charge on any atom is -0.481 e. The summed E-state index contributed by atoms with van der Waals surface area (Å²) >= 11 is 0. The molecule has 0 aliphatic carbocycles. The van der Waals surface area contributed by atoms with Crippen LogP contribution in [0.15, 0.2) is 12.7 Å². The van der Waals surface area contributed by atoms with Crippen molar-refractivity contribution >= 4 is 5.97 Å². The standard InChI is InChI=1S/C12H24O.C2H4O2/c1-2-3-4-5-6-7-8-9-10-11-12-13;1-2(3)4/h2,13H,1,3-12H2;1H3,(H,3,4). The van der Waals surface area contributed by atoms with Crippen LogP contribution in [0.25, 0.3) is 0 Å². The molecule has 0 aromatic carbocycles. The second-order valence-electron chi connectivity index (χ2n) is 4.15. The van der Waals surface area contributed by atoms with E-state index in [-0.39, 0.29) is 0 Å². The molecule has 0 amide bonds. The molecule has 0 aliphatic rings. The Morgan fingerprint density at radius 2 is 1.35 bits per heavy atom. The van der Waals surface area contributed by atoms with E-state index in [9.17, 15) is 0 Å². The molecule has 17 heavy (non-hydrogen) atoms. The van der Waals surface area contributed by atoms with Gasteiger partial charge in [0.05, 0.1) is 0 Å². The van der Waals surface area contributed by atoms with E-state index in [0.29, 0.717) is 6.61 Å². The summed E-state index contributed by atoms with van der Waals surface area (Å²) in [5.41, 5.74) is 0. The molecule has 0 heterocycles. The third kappa shape index (κ3) is 31.3. The van der Waals surface area contributed by atoms with Gasteiger partial charge in [-0.1, -0.05) is 44.6 Å². The first-order valence-corrected chi connectivity index (χ1v) is 6.56. The first-order valence-electron chi connectivity index (χ1n) is 6.56. The van der Waals surface area contributed by atoms with Gasteiger partial charge in [-0.15, -0.1) is 6.58 Å². The minimum atomic E-state index is -0.833. The van der Waals surface area contributed by atoms with Gasteiger partial charge in [0.15, 0.2) is 0 Å². The highest BCUT2D eigenvalue weighted by molar-refractivity contribution is 5.62. The molecule has 0 atom stereocenters. The molecule has 0 unspecified atom stereocenters. The third-order valence-corrected chi connectivity index (χ3v) is 2.32. The van der Waals surface area contributed by atoms with Crippen LogP contribution in [0, 0.1) is 0 Å². The van der Waals surface area contributed by atoms with Crippen molar-refractivity contribution < 1.29 is 15.0 Å². The Hall–Kier alpha value is -0.830. The van der Waals surface area contributed by atoms with Crippen LogP contribution in [0.3, 0.4) is 0 Å². The Labute approximate surface area is 106 Å². The van der Waals surface area contributed by atoms with Gasteiger partial charge in [-0.2, -0.15) is 0 Å². The number of hydrogen-bond acceptors (Lipinski definition) is 2. The molecule has 0 saturated heterocycles. The van der Waals surface area contributed by atoms with E-state index >= 15 is 0 Å². The number of aliphatic hydroxyl groups excluding tert-OH is 1. The molecule has 3 heteroatoms. The number of rotatable bonds is 10. The first-order chi connectivity index (χ1) is 8.15. The Balaban J connectivity index is 0. The summed E-state index contributed by atoms with van der Waals surface area (Å²) in [5, 5.41) is 16.0. The summed E-state index contributed by atoms with van der Waals surface area (Å²) in [5.74, 6) is -0.833. The maximum absolute atomic E-state index is 9.00. The zero-order valence-corrected chi connectivity index (χ0v) is 11.2. The lowest BCUT2D eigenvalue weighted by molar-refractivity contribution is -0.134. The summed E-state index contributed by atoms with van der Waals surface area (Å²) < 4.78 is 0. The predicted molar refractivity (Wildman–Crippen MR) is 72.1 cm³/mol. The molecule has 2 N–H and O–H groups in total. The Bertz CT molecular complexity index is 163. The van der Waals surface area contributed by atoms with Crippen molar-refractivity contribution in [2.45, 2.75) is 64.7 Å². The zero-order valence-electron chi connectivity index (χ0n) is 11.2. The topological polar surface area (TPSA) is 57.5 Å². The van der Waals surface area contributed by atoms with Crippen LogP contribution in [-0.2, 0) is 4.79 Å². The molecule has 0 fully saturated rings. The Kier molecular flexibility index (Phi) is 19.1.